The number of hydrazine groups is 1. The molecular formula is C52H47FN6O7S2. The van der Waals surface area contributed by atoms with Crippen molar-refractivity contribution in [2.75, 3.05) is 25.0 Å². The van der Waals surface area contributed by atoms with Gasteiger partial charge in [-0.2, -0.15) is 5.01 Å². The van der Waals surface area contributed by atoms with E-state index in [-0.39, 0.29) is 60.1 Å². The molecule has 4 bridgehead atoms. The second-order valence-corrected chi connectivity index (χ2v) is 20.5. The van der Waals surface area contributed by atoms with Gasteiger partial charge in [0, 0.05) is 39.3 Å². The number of amides is 2. The highest BCUT2D eigenvalue weighted by Crippen LogP contribution is 2.50. The molecule has 12 rings (SSSR count). The van der Waals surface area contributed by atoms with Gasteiger partial charge in [-0.05, 0) is 117 Å². The van der Waals surface area contributed by atoms with Gasteiger partial charge in [0.1, 0.15) is 30.8 Å². The predicted octanol–water partition coefficient (Wildman–Crippen LogP) is 8.98. The van der Waals surface area contributed by atoms with Crippen LogP contribution >= 0.6 is 22.7 Å². The average Bonchev–Trinajstić information content (AvgIpc) is 3.92. The number of halogens is 1. The number of aromatic hydroxyl groups is 1. The number of thiophene rings is 2. The Bertz CT molecular complexity index is 3170. The fraction of sp³-hybridized carbons (Fsp3) is 0.288. The summed E-state index contributed by atoms with van der Waals surface area (Å²) in [6.07, 6.45) is 16.9. The molecule has 0 radical (unpaired) electrons. The highest BCUT2D eigenvalue weighted by molar-refractivity contribution is 7.10. The first kappa shape index (κ1) is 42.5. The van der Waals surface area contributed by atoms with Crippen molar-refractivity contribution in [1.82, 2.24) is 24.5 Å². The zero-order valence-corrected chi connectivity index (χ0v) is 38.9. The number of hydrogen-bond acceptors (Lipinski definition) is 12. The largest absolute Gasteiger partial charge is 0.505 e. The second kappa shape index (κ2) is 15.9. The number of aryl methyl sites for hydroxylation is 2. The Morgan fingerprint density at radius 1 is 0.765 bits per heavy atom. The number of aliphatic hydroxyl groups is 1. The number of rotatable bonds is 2. The van der Waals surface area contributed by atoms with E-state index in [1.165, 1.54) is 29.7 Å². The molecule has 2 aliphatic carbocycles. The summed E-state index contributed by atoms with van der Waals surface area (Å²) in [6, 6.07) is 16.6. The third kappa shape index (κ3) is 6.29. The first-order valence-corrected chi connectivity index (χ1v) is 24.6. The molecule has 3 atom stereocenters. The number of nitrogens with zero attached hydrogens (tertiary/aromatic N) is 6. The van der Waals surface area contributed by atoms with Gasteiger partial charge in [0.05, 0.1) is 29.4 Å². The molecule has 3 unspecified atom stereocenters. The van der Waals surface area contributed by atoms with Gasteiger partial charge < -0.3 is 29.5 Å². The predicted molar refractivity (Wildman–Crippen MR) is 255 cm³/mol. The number of hydrogen-bond donors (Lipinski definition) is 2. The minimum Gasteiger partial charge on any atom is -0.505 e. The van der Waals surface area contributed by atoms with Gasteiger partial charge in [-0.15, -0.1) is 22.7 Å². The van der Waals surface area contributed by atoms with Gasteiger partial charge >= 0.3 is 0 Å². The Morgan fingerprint density at radius 2 is 1.50 bits per heavy atom. The number of allylic oxidation sites excluding steroid dienone is 2. The molecule has 8 heterocycles. The van der Waals surface area contributed by atoms with Crippen LogP contribution in [-0.2, 0) is 4.79 Å². The topological polar surface area (TPSA) is 131 Å². The molecule has 2 N–H and O–H groups in total. The quantitative estimate of drug-likeness (QED) is 0.166. The van der Waals surface area contributed by atoms with Crippen molar-refractivity contribution >= 4 is 34.5 Å². The first-order valence-electron chi connectivity index (χ1n) is 22.9. The van der Waals surface area contributed by atoms with Crippen molar-refractivity contribution in [1.29, 1.82) is 0 Å². The molecule has 1 saturated heterocycles. The fourth-order valence-electron chi connectivity index (χ4n) is 11.0. The van der Waals surface area contributed by atoms with Crippen molar-refractivity contribution in [2.45, 2.75) is 75.5 Å². The van der Waals surface area contributed by atoms with E-state index in [9.17, 15) is 19.8 Å². The standard InChI is InChI=1S/C52H47FN6O7S2/c1-31-16-27-68-48(31)42-36-10-5-11-37(53)47(36)65-26-8-22-51(18-6-19-51)54-30-59(42)56-24-14-35(45(61)43(56)49(54)63)40-13-23-52(20-7-21-52)55-29-58(57-25-15-38(60)46(62)44(57)50(55)64)41(33-17-28-67-32(33)2)34-9-3-4-12-39(34)66-40/h3-5,8-17,22-25,27-28,41-42,61-62H,6-7,18-21,26,29-30H2,1-2H3/b22-8+,23-13+,40-35+. The van der Waals surface area contributed by atoms with E-state index in [1.54, 1.807) is 50.3 Å². The maximum atomic E-state index is 16.0. The lowest BCUT2D eigenvalue weighted by Crippen LogP contribution is -2.66. The Balaban J connectivity index is 1.08. The molecule has 2 amide bonds. The maximum Gasteiger partial charge on any atom is 0.278 e. The van der Waals surface area contributed by atoms with Crippen LogP contribution in [0.2, 0.25) is 0 Å². The van der Waals surface area contributed by atoms with Crippen LogP contribution < -0.4 is 19.9 Å². The Morgan fingerprint density at radius 3 is 2.24 bits per heavy atom. The van der Waals surface area contributed by atoms with Crippen LogP contribution in [-0.4, -0.2) is 77.5 Å². The van der Waals surface area contributed by atoms with Crippen LogP contribution in [0, 0.1) is 19.7 Å². The number of ether oxygens (including phenoxy) is 2. The van der Waals surface area contributed by atoms with Crippen LogP contribution in [0.25, 0.3) is 0 Å². The number of carbonyl (C=O) groups is 2. The summed E-state index contributed by atoms with van der Waals surface area (Å²) >= 11 is 3.12. The Labute approximate surface area is 399 Å². The average molecular weight is 951 g/mol. The summed E-state index contributed by atoms with van der Waals surface area (Å²) in [6.45, 7) is 4.40. The summed E-state index contributed by atoms with van der Waals surface area (Å²) in [7, 11) is 0. The molecule has 16 heteroatoms. The molecule has 2 spiro atoms. The summed E-state index contributed by atoms with van der Waals surface area (Å²) in [5, 5.41) is 34.0. The molecule has 3 fully saturated rings. The molecule has 2 aromatic carbocycles. The highest BCUT2D eigenvalue weighted by Gasteiger charge is 2.53. The normalized spacial score (nSPS) is 25.4. The smallest absolute Gasteiger partial charge is 0.278 e. The van der Waals surface area contributed by atoms with Gasteiger partial charge in [-0.3, -0.25) is 29.1 Å². The van der Waals surface area contributed by atoms with Gasteiger partial charge in [0.25, 0.3) is 11.8 Å². The molecule has 68 heavy (non-hydrogen) atoms. The van der Waals surface area contributed by atoms with E-state index in [0.29, 0.717) is 37.0 Å². The highest BCUT2D eigenvalue weighted by atomic mass is 32.1. The van der Waals surface area contributed by atoms with E-state index < -0.39 is 46.1 Å². The van der Waals surface area contributed by atoms with E-state index in [0.717, 1.165) is 39.3 Å². The maximum absolute atomic E-state index is 16.0. The lowest BCUT2D eigenvalue weighted by Gasteiger charge is -2.56. The summed E-state index contributed by atoms with van der Waals surface area (Å²) in [5.74, 6) is -1.49. The van der Waals surface area contributed by atoms with Crippen LogP contribution in [0.5, 0.6) is 17.2 Å². The lowest BCUT2D eigenvalue weighted by atomic mass is 9.74. The molecule has 13 nitrogen and oxygen atoms in total. The molecule has 5 aliphatic heterocycles. The molecule has 2 saturated carbocycles. The van der Waals surface area contributed by atoms with Gasteiger partial charge in [-0.25, -0.2) is 4.39 Å². The van der Waals surface area contributed by atoms with Gasteiger partial charge in [0.15, 0.2) is 34.5 Å². The Hall–Kier alpha value is -6.88. The van der Waals surface area contributed by atoms with Gasteiger partial charge in [0.2, 0.25) is 5.43 Å². The molecule has 3 aromatic heterocycles. The second-order valence-electron chi connectivity index (χ2n) is 18.4. The monoisotopic (exact) mass is 950 g/mol. The van der Waals surface area contributed by atoms with E-state index in [2.05, 4.69) is 0 Å². The third-order valence-corrected chi connectivity index (χ3v) is 16.8. The van der Waals surface area contributed by atoms with Crippen LogP contribution in [0.4, 0.5) is 4.39 Å². The number of aliphatic hydroxyl groups excluding tert-OH is 1. The van der Waals surface area contributed by atoms with E-state index in [1.807, 2.05) is 100 Å². The number of aromatic nitrogens is 1. The molecular weight excluding hydrogens is 904 g/mol. The van der Waals surface area contributed by atoms with Crippen LogP contribution in [0.1, 0.15) is 93.1 Å². The van der Waals surface area contributed by atoms with Crippen molar-refractivity contribution in [3.05, 3.63) is 191 Å². The summed E-state index contributed by atoms with van der Waals surface area (Å²) < 4.78 is 30.9. The number of carbonyl (C=O) groups excluding carboxylic acids is 2. The molecule has 346 valence electrons. The molecule has 5 aromatic rings. The first-order chi connectivity index (χ1) is 33.0. The van der Waals surface area contributed by atoms with Crippen molar-refractivity contribution in [2.24, 2.45) is 0 Å². The lowest BCUT2D eigenvalue weighted by molar-refractivity contribution is -0.162. The summed E-state index contributed by atoms with van der Waals surface area (Å²) in [5.41, 5.74) is 1.14. The number of fused-ring (bicyclic) bond motifs is 12. The molecule has 7 aliphatic rings. The van der Waals surface area contributed by atoms with E-state index >= 15 is 9.18 Å². The van der Waals surface area contributed by atoms with Crippen molar-refractivity contribution in [3.63, 3.8) is 0 Å². The fourth-order valence-corrected chi connectivity index (χ4v) is 12.8. The summed E-state index contributed by atoms with van der Waals surface area (Å²) in [4.78, 5) is 48.7. The van der Waals surface area contributed by atoms with Gasteiger partial charge in [-0.1, -0.05) is 42.5 Å². The third-order valence-electron chi connectivity index (χ3n) is 14.9. The van der Waals surface area contributed by atoms with Crippen molar-refractivity contribution < 1.29 is 33.7 Å². The van der Waals surface area contributed by atoms with Crippen molar-refractivity contribution in [3.8, 4) is 17.2 Å². The zero-order valence-electron chi connectivity index (χ0n) is 37.3. The SMILES string of the molecule is Cc1ccsc1C1c2cccc(F)c2OC/C=C/C2(CCC2)N2CN1N1C=C/C(=C3/C=C/C4(CCC4)N4CN(C(c5ccsc5C)c5ccccc5O3)n3ccc(=O)c(O)c3C4=O)C(O)=C1C2=O. The minimum absolute atomic E-state index is 0.0135. The number of pyridine rings is 1. The van der Waals surface area contributed by atoms with Crippen LogP contribution in [0.15, 0.2) is 142 Å². The van der Waals surface area contributed by atoms with E-state index in [4.69, 9.17) is 9.47 Å². The minimum atomic E-state index is -0.869. The Kier molecular flexibility index (Phi) is 9.90. The number of benzene rings is 2. The zero-order chi connectivity index (χ0) is 46.6. The number of para-hydroxylation sites is 2. The van der Waals surface area contributed by atoms with Crippen LogP contribution in [0.3, 0.4) is 0 Å².